The third kappa shape index (κ3) is 0.337. The quantitative estimate of drug-likeness (QED) is 0.510. The van der Waals surface area contributed by atoms with Gasteiger partial charge in [-0.3, -0.25) is 0 Å². The normalized spacial score (nSPS) is 68.3. The van der Waals surface area contributed by atoms with Gasteiger partial charge in [0.25, 0.3) is 0 Å². The van der Waals surface area contributed by atoms with Crippen molar-refractivity contribution < 1.29 is 0 Å². The van der Waals surface area contributed by atoms with Crippen molar-refractivity contribution in [3.63, 3.8) is 0 Å². The molecule has 1 unspecified atom stereocenters. The molecule has 9 heavy (non-hydrogen) atoms. The summed E-state index contributed by atoms with van der Waals surface area (Å²) in [5.41, 5.74) is 6.01. The van der Waals surface area contributed by atoms with Crippen molar-refractivity contribution in [2.24, 2.45) is 29.4 Å². The molecular weight excluding hydrogens is 110 g/mol. The molecule has 4 aliphatic carbocycles. The first-order valence-electron chi connectivity index (χ1n) is 4.13. The molecule has 0 amide bonds. The molecule has 5 atom stereocenters. The van der Waals surface area contributed by atoms with Gasteiger partial charge < -0.3 is 5.73 Å². The van der Waals surface area contributed by atoms with Crippen molar-refractivity contribution in [1.82, 2.24) is 0 Å². The molecule has 4 aliphatic rings. The molecule has 0 aliphatic heterocycles. The Bertz CT molecular complexity index is 142. The van der Waals surface area contributed by atoms with E-state index < -0.39 is 0 Å². The lowest BCUT2D eigenvalue weighted by Gasteiger charge is -2.34. The van der Waals surface area contributed by atoms with Gasteiger partial charge in [-0.2, -0.15) is 0 Å². The van der Waals surface area contributed by atoms with Crippen LogP contribution in [0.2, 0.25) is 0 Å². The zero-order valence-electron chi connectivity index (χ0n) is 5.59. The van der Waals surface area contributed by atoms with Crippen LogP contribution < -0.4 is 5.73 Å². The van der Waals surface area contributed by atoms with Gasteiger partial charge in [0.15, 0.2) is 0 Å². The Labute approximate surface area is 55.6 Å². The Morgan fingerprint density at radius 2 is 1.67 bits per heavy atom. The summed E-state index contributed by atoms with van der Waals surface area (Å²) >= 11 is 0. The largest absolute Gasteiger partial charge is 0.327 e. The van der Waals surface area contributed by atoms with E-state index in [9.17, 15) is 0 Å². The third-order valence-electron chi connectivity index (χ3n) is 4.02. The third-order valence-corrected chi connectivity index (χ3v) is 4.02. The fraction of sp³-hybridized carbons (Fsp3) is 1.00. The topological polar surface area (TPSA) is 26.0 Å². The number of hydrogen-bond acceptors (Lipinski definition) is 1. The molecule has 0 aromatic rings. The molecule has 1 heteroatoms. The van der Waals surface area contributed by atoms with Crippen LogP contribution in [0.4, 0.5) is 0 Å². The van der Waals surface area contributed by atoms with Gasteiger partial charge in [-0.15, -0.1) is 0 Å². The summed E-state index contributed by atoms with van der Waals surface area (Å²) in [5.74, 6) is 4.10. The first-order chi connectivity index (χ1) is 4.38. The Hall–Kier alpha value is -0.0400. The van der Waals surface area contributed by atoms with Gasteiger partial charge in [-0.1, -0.05) is 0 Å². The van der Waals surface area contributed by atoms with E-state index in [0.29, 0.717) is 6.04 Å². The molecule has 0 radical (unpaired) electrons. The Morgan fingerprint density at radius 1 is 0.889 bits per heavy atom. The lowest BCUT2D eigenvalue weighted by atomic mass is 9.72. The van der Waals surface area contributed by atoms with Crippen molar-refractivity contribution in [3.05, 3.63) is 0 Å². The van der Waals surface area contributed by atoms with E-state index in [1.54, 1.807) is 0 Å². The van der Waals surface area contributed by atoms with Crippen LogP contribution in [0.3, 0.4) is 0 Å². The molecule has 4 fully saturated rings. The molecule has 50 valence electrons. The minimum atomic E-state index is 0.619. The number of rotatable bonds is 0. The van der Waals surface area contributed by atoms with E-state index in [-0.39, 0.29) is 0 Å². The molecule has 0 aromatic heterocycles. The summed E-state index contributed by atoms with van der Waals surface area (Å²) in [6, 6.07) is 0.619. The van der Waals surface area contributed by atoms with Gasteiger partial charge in [-0.25, -0.2) is 0 Å². The predicted octanol–water partition coefficient (Wildman–Crippen LogP) is 0.990. The second-order valence-corrected chi connectivity index (χ2v) is 4.05. The Balaban J connectivity index is 2.03. The summed E-state index contributed by atoms with van der Waals surface area (Å²) < 4.78 is 0. The summed E-state index contributed by atoms with van der Waals surface area (Å²) in [6.07, 6.45) is 4.44. The highest BCUT2D eigenvalue weighted by Crippen LogP contribution is 2.64. The van der Waals surface area contributed by atoms with Gasteiger partial charge in [0.05, 0.1) is 0 Å². The van der Waals surface area contributed by atoms with Gasteiger partial charge in [0, 0.05) is 6.04 Å². The van der Waals surface area contributed by atoms with Crippen molar-refractivity contribution in [1.29, 1.82) is 0 Å². The maximum absolute atomic E-state index is 6.01. The van der Waals surface area contributed by atoms with Crippen molar-refractivity contribution in [3.8, 4) is 0 Å². The molecule has 1 nitrogen and oxygen atoms in total. The van der Waals surface area contributed by atoms with Crippen LogP contribution in [-0.2, 0) is 0 Å². The van der Waals surface area contributed by atoms with Gasteiger partial charge >= 0.3 is 0 Å². The minimum Gasteiger partial charge on any atom is -0.327 e. The van der Waals surface area contributed by atoms with E-state index in [4.69, 9.17) is 5.73 Å². The van der Waals surface area contributed by atoms with Crippen LogP contribution in [0.25, 0.3) is 0 Å². The van der Waals surface area contributed by atoms with E-state index in [1.165, 1.54) is 19.3 Å². The van der Waals surface area contributed by atoms with Gasteiger partial charge in [0.2, 0.25) is 0 Å². The number of nitrogens with two attached hydrogens (primary N) is 1. The molecule has 2 N–H and O–H groups in total. The Kier molecular flexibility index (Phi) is 0.628. The van der Waals surface area contributed by atoms with Crippen molar-refractivity contribution in [2.75, 3.05) is 0 Å². The van der Waals surface area contributed by atoms with E-state index in [0.717, 1.165) is 23.7 Å². The van der Waals surface area contributed by atoms with Crippen LogP contribution in [-0.4, -0.2) is 6.04 Å². The molecule has 4 saturated carbocycles. The van der Waals surface area contributed by atoms with Crippen LogP contribution in [0.1, 0.15) is 19.3 Å². The van der Waals surface area contributed by atoms with Crippen LogP contribution in [0.15, 0.2) is 0 Å². The first-order valence-corrected chi connectivity index (χ1v) is 4.13. The lowest BCUT2D eigenvalue weighted by Crippen LogP contribution is -2.35. The molecule has 4 rings (SSSR count). The standard InChI is InChI=1S/C8H13N/c9-8-5-2-1-4-6(5)3-7(4)8/h4-8H,1-3,9H2/t4-,5+,6?,7+,8-/m0/s1. The Morgan fingerprint density at radius 3 is 2.11 bits per heavy atom. The highest BCUT2D eigenvalue weighted by Gasteiger charge is 2.60. The van der Waals surface area contributed by atoms with E-state index in [2.05, 4.69) is 0 Å². The SMILES string of the molecule is N[C@@H]1[C@@H]2CC3[C@H]1CC[C@@H]32. The summed E-state index contributed by atoms with van der Waals surface area (Å²) in [6.45, 7) is 0. The maximum atomic E-state index is 6.01. The smallest absolute Gasteiger partial charge is 0.0101 e. The lowest BCUT2D eigenvalue weighted by molar-refractivity contribution is 0.163. The summed E-state index contributed by atoms with van der Waals surface area (Å²) in [4.78, 5) is 0. The van der Waals surface area contributed by atoms with Crippen LogP contribution in [0.5, 0.6) is 0 Å². The highest BCUT2D eigenvalue weighted by atomic mass is 14.8. The highest BCUT2D eigenvalue weighted by molar-refractivity contribution is 5.12. The maximum Gasteiger partial charge on any atom is 0.0101 e. The summed E-state index contributed by atoms with van der Waals surface area (Å²) in [5, 5.41) is 0. The zero-order chi connectivity index (χ0) is 6.01. The van der Waals surface area contributed by atoms with Crippen LogP contribution in [0, 0.1) is 23.7 Å². The molecule has 0 heterocycles. The predicted molar refractivity (Wildman–Crippen MR) is 35.8 cm³/mol. The van der Waals surface area contributed by atoms with Gasteiger partial charge in [0.1, 0.15) is 0 Å². The molecule has 0 aromatic carbocycles. The van der Waals surface area contributed by atoms with E-state index in [1.807, 2.05) is 0 Å². The van der Waals surface area contributed by atoms with Crippen molar-refractivity contribution in [2.45, 2.75) is 25.3 Å². The molecule has 0 spiro atoms. The van der Waals surface area contributed by atoms with Gasteiger partial charge in [-0.05, 0) is 42.9 Å². The average Bonchev–Trinajstić information content (AvgIpc) is 2.26. The first kappa shape index (κ1) is 4.73. The zero-order valence-corrected chi connectivity index (χ0v) is 5.59. The fourth-order valence-corrected chi connectivity index (χ4v) is 3.54. The molecule has 0 saturated heterocycles. The second-order valence-electron chi connectivity index (χ2n) is 4.05. The van der Waals surface area contributed by atoms with E-state index >= 15 is 0 Å². The monoisotopic (exact) mass is 123 g/mol. The minimum absolute atomic E-state index is 0.619. The van der Waals surface area contributed by atoms with Crippen molar-refractivity contribution >= 4 is 0 Å². The molecular formula is C8H13N. The average molecular weight is 123 g/mol. The molecule has 4 bridgehead atoms. The summed E-state index contributed by atoms with van der Waals surface area (Å²) in [7, 11) is 0. The fourth-order valence-electron chi connectivity index (χ4n) is 3.54. The second kappa shape index (κ2) is 1.20. The number of hydrogen-bond donors (Lipinski definition) is 1. The van der Waals surface area contributed by atoms with Crippen LogP contribution >= 0.6 is 0 Å².